The molecule has 0 radical (unpaired) electrons. The Bertz CT molecular complexity index is 598. The summed E-state index contributed by atoms with van der Waals surface area (Å²) in [5.41, 5.74) is 13.1. The van der Waals surface area contributed by atoms with E-state index < -0.39 is 5.91 Å². The van der Waals surface area contributed by atoms with Crippen LogP contribution in [0.4, 0.5) is 11.5 Å². The van der Waals surface area contributed by atoms with Crippen LogP contribution in [0.1, 0.15) is 16.1 Å². The average molecular weight is 256 g/mol. The topological polar surface area (TPSA) is 85.2 Å². The van der Waals surface area contributed by atoms with Gasteiger partial charge in [0.15, 0.2) is 0 Å². The van der Waals surface area contributed by atoms with Crippen molar-refractivity contribution in [2.24, 2.45) is 5.73 Å². The number of pyridine rings is 1. The first-order valence-electron chi connectivity index (χ1n) is 5.89. The zero-order chi connectivity index (χ0) is 13.8. The highest BCUT2D eigenvalue weighted by molar-refractivity contribution is 5.91. The van der Waals surface area contributed by atoms with Crippen molar-refractivity contribution in [1.29, 1.82) is 0 Å². The van der Waals surface area contributed by atoms with Gasteiger partial charge in [0.25, 0.3) is 5.91 Å². The van der Waals surface area contributed by atoms with Gasteiger partial charge in [-0.15, -0.1) is 0 Å². The van der Waals surface area contributed by atoms with Crippen LogP contribution in [0.5, 0.6) is 0 Å². The number of amides is 1. The van der Waals surface area contributed by atoms with Crippen LogP contribution >= 0.6 is 0 Å². The molecule has 0 atom stereocenters. The molecule has 19 heavy (non-hydrogen) atoms. The number of nitrogen functional groups attached to an aromatic ring is 1. The highest BCUT2D eigenvalue weighted by atomic mass is 16.1. The molecule has 5 heteroatoms. The number of para-hydroxylation sites is 1. The molecular weight excluding hydrogens is 240 g/mol. The molecule has 5 nitrogen and oxygen atoms in total. The quantitative estimate of drug-likeness (QED) is 0.810. The molecule has 2 rings (SSSR count). The fraction of sp³-hybridized carbons (Fsp3) is 0.143. The lowest BCUT2D eigenvalue weighted by atomic mass is 10.1. The van der Waals surface area contributed by atoms with E-state index >= 15 is 0 Å². The van der Waals surface area contributed by atoms with Gasteiger partial charge in [0, 0.05) is 19.3 Å². The molecule has 1 amide bonds. The Morgan fingerprint density at radius 3 is 2.63 bits per heavy atom. The summed E-state index contributed by atoms with van der Waals surface area (Å²) in [6.07, 6.45) is 0. The molecule has 0 saturated heterocycles. The summed E-state index contributed by atoms with van der Waals surface area (Å²) >= 11 is 0. The molecule has 98 valence electrons. The van der Waals surface area contributed by atoms with Gasteiger partial charge >= 0.3 is 0 Å². The predicted octanol–water partition coefficient (Wildman–Crippen LogP) is 1.40. The molecule has 0 aliphatic rings. The first-order chi connectivity index (χ1) is 9.08. The first kappa shape index (κ1) is 12.9. The number of hydrogen-bond donors (Lipinski definition) is 2. The first-order valence-corrected chi connectivity index (χ1v) is 5.89. The third-order valence-corrected chi connectivity index (χ3v) is 2.84. The van der Waals surface area contributed by atoms with Crippen molar-refractivity contribution in [3.63, 3.8) is 0 Å². The van der Waals surface area contributed by atoms with E-state index in [1.165, 1.54) is 0 Å². The maximum absolute atomic E-state index is 11.1. The monoisotopic (exact) mass is 256 g/mol. The second-order valence-electron chi connectivity index (χ2n) is 4.30. The van der Waals surface area contributed by atoms with Gasteiger partial charge in [0.1, 0.15) is 11.5 Å². The molecule has 1 heterocycles. The van der Waals surface area contributed by atoms with Crippen LogP contribution < -0.4 is 16.4 Å². The van der Waals surface area contributed by atoms with Gasteiger partial charge in [-0.2, -0.15) is 0 Å². The Morgan fingerprint density at radius 2 is 1.95 bits per heavy atom. The van der Waals surface area contributed by atoms with Crippen LogP contribution in [-0.2, 0) is 6.54 Å². The number of benzene rings is 1. The number of nitrogens with two attached hydrogens (primary N) is 2. The number of anilines is 2. The van der Waals surface area contributed by atoms with Gasteiger partial charge in [0.2, 0.25) is 0 Å². The molecule has 2 aromatic rings. The summed E-state index contributed by atoms with van der Waals surface area (Å²) in [5.74, 6) is 0.147. The van der Waals surface area contributed by atoms with Crippen molar-refractivity contribution in [3.05, 3.63) is 53.7 Å². The van der Waals surface area contributed by atoms with Crippen LogP contribution in [0.25, 0.3) is 0 Å². The zero-order valence-corrected chi connectivity index (χ0v) is 10.7. The van der Waals surface area contributed by atoms with Crippen molar-refractivity contribution >= 4 is 17.4 Å². The van der Waals surface area contributed by atoms with Gasteiger partial charge in [-0.1, -0.05) is 24.3 Å². The standard InChI is InChI=1S/C14H16N4O/c1-18(9-10-5-2-3-6-11(10)15)13-8-4-7-12(17-13)14(16)19/h2-8H,9,15H2,1H3,(H2,16,19). The van der Waals surface area contributed by atoms with E-state index in [2.05, 4.69) is 4.98 Å². The molecule has 1 aromatic heterocycles. The summed E-state index contributed by atoms with van der Waals surface area (Å²) < 4.78 is 0. The van der Waals surface area contributed by atoms with E-state index in [1.54, 1.807) is 12.1 Å². The van der Waals surface area contributed by atoms with Gasteiger partial charge in [-0.25, -0.2) is 4.98 Å². The molecule has 0 fully saturated rings. The Morgan fingerprint density at radius 1 is 1.21 bits per heavy atom. The zero-order valence-electron chi connectivity index (χ0n) is 10.7. The number of primary amides is 1. The largest absolute Gasteiger partial charge is 0.398 e. The maximum Gasteiger partial charge on any atom is 0.267 e. The smallest absolute Gasteiger partial charge is 0.267 e. The average Bonchev–Trinajstić information content (AvgIpc) is 2.41. The SMILES string of the molecule is CN(Cc1ccccc1N)c1cccc(C(N)=O)n1. The third-order valence-electron chi connectivity index (χ3n) is 2.84. The molecular formula is C14H16N4O. The minimum absolute atomic E-state index is 0.255. The Labute approximate surface area is 111 Å². The summed E-state index contributed by atoms with van der Waals surface area (Å²) in [6, 6.07) is 12.8. The van der Waals surface area contributed by atoms with Crippen molar-refractivity contribution < 1.29 is 4.79 Å². The van der Waals surface area contributed by atoms with Crippen molar-refractivity contribution in [1.82, 2.24) is 4.98 Å². The lowest BCUT2D eigenvalue weighted by Crippen LogP contribution is -2.20. The number of carbonyl (C=O) groups excluding carboxylic acids is 1. The van der Waals surface area contributed by atoms with Crippen molar-refractivity contribution in [2.75, 3.05) is 17.7 Å². The molecule has 1 aromatic carbocycles. The Hall–Kier alpha value is -2.56. The normalized spacial score (nSPS) is 10.2. The lowest BCUT2D eigenvalue weighted by molar-refractivity contribution is 0.0995. The van der Waals surface area contributed by atoms with E-state index in [1.807, 2.05) is 42.3 Å². The molecule has 0 spiro atoms. The molecule has 0 unspecified atom stereocenters. The number of nitrogens with zero attached hydrogens (tertiary/aromatic N) is 2. The van der Waals surface area contributed by atoms with E-state index in [4.69, 9.17) is 11.5 Å². The maximum atomic E-state index is 11.1. The molecule has 0 bridgehead atoms. The van der Waals surface area contributed by atoms with E-state index in [0.717, 1.165) is 11.3 Å². The number of carbonyl (C=O) groups is 1. The highest BCUT2D eigenvalue weighted by Crippen LogP contribution is 2.17. The van der Waals surface area contributed by atoms with Gasteiger partial charge in [0.05, 0.1) is 0 Å². The van der Waals surface area contributed by atoms with Gasteiger partial charge < -0.3 is 16.4 Å². The summed E-state index contributed by atoms with van der Waals surface area (Å²) in [7, 11) is 1.89. The lowest BCUT2D eigenvalue weighted by Gasteiger charge is -2.19. The van der Waals surface area contributed by atoms with E-state index in [-0.39, 0.29) is 5.69 Å². The molecule has 0 aliphatic carbocycles. The highest BCUT2D eigenvalue weighted by Gasteiger charge is 2.08. The summed E-state index contributed by atoms with van der Waals surface area (Å²) in [6.45, 7) is 0.613. The van der Waals surface area contributed by atoms with E-state index in [9.17, 15) is 4.79 Å². The van der Waals surface area contributed by atoms with Crippen molar-refractivity contribution in [2.45, 2.75) is 6.54 Å². The minimum Gasteiger partial charge on any atom is -0.398 e. The van der Waals surface area contributed by atoms with Crippen LogP contribution in [0, 0.1) is 0 Å². The molecule has 0 saturated carbocycles. The predicted molar refractivity (Wildman–Crippen MR) is 75.7 cm³/mol. The second-order valence-corrected chi connectivity index (χ2v) is 4.30. The fourth-order valence-electron chi connectivity index (χ4n) is 1.79. The fourth-order valence-corrected chi connectivity index (χ4v) is 1.79. The van der Waals surface area contributed by atoms with E-state index in [0.29, 0.717) is 12.4 Å². The molecule has 4 N–H and O–H groups in total. The van der Waals surface area contributed by atoms with Crippen molar-refractivity contribution in [3.8, 4) is 0 Å². The number of aromatic nitrogens is 1. The number of rotatable bonds is 4. The van der Waals surface area contributed by atoms with Crippen LogP contribution in [0.15, 0.2) is 42.5 Å². The van der Waals surface area contributed by atoms with Crippen LogP contribution in [0.2, 0.25) is 0 Å². The Balaban J connectivity index is 2.20. The minimum atomic E-state index is -0.533. The van der Waals surface area contributed by atoms with Crippen LogP contribution in [0.3, 0.4) is 0 Å². The summed E-state index contributed by atoms with van der Waals surface area (Å²) in [4.78, 5) is 17.2. The third kappa shape index (κ3) is 3.01. The summed E-state index contributed by atoms with van der Waals surface area (Å²) in [5, 5.41) is 0. The van der Waals surface area contributed by atoms with Gasteiger partial charge in [-0.05, 0) is 23.8 Å². The second kappa shape index (κ2) is 5.39. The van der Waals surface area contributed by atoms with Gasteiger partial charge in [-0.3, -0.25) is 4.79 Å². The number of hydrogen-bond acceptors (Lipinski definition) is 4. The Kier molecular flexibility index (Phi) is 3.66. The molecule has 0 aliphatic heterocycles. The van der Waals surface area contributed by atoms with Crippen LogP contribution in [-0.4, -0.2) is 17.9 Å².